The second kappa shape index (κ2) is 8.02. The van der Waals surface area contributed by atoms with Gasteiger partial charge in [0.25, 0.3) is 0 Å². The van der Waals surface area contributed by atoms with Crippen molar-refractivity contribution in [3.63, 3.8) is 0 Å². The van der Waals surface area contributed by atoms with Crippen LogP contribution in [0.4, 0.5) is 0 Å². The van der Waals surface area contributed by atoms with Gasteiger partial charge in [0.15, 0.2) is 0 Å². The molecule has 0 aromatic heterocycles. The highest BCUT2D eigenvalue weighted by molar-refractivity contribution is 4.55. The van der Waals surface area contributed by atoms with Crippen molar-refractivity contribution < 1.29 is 0 Å². The van der Waals surface area contributed by atoms with Crippen molar-refractivity contribution in [2.24, 2.45) is 5.92 Å². The molecule has 1 atom stereocenters. The summed E-state index contributed by atoms with van der Waals surface area (Å²) in [6.45, 7) is 4.61. The Kier molecular flexibility index (Phi) is 7.96. The standard InChI is InChI=1S/C9H22N2/c1-9(8-11-3)6-4-5-7-10-2/h9-11H,4-8H2,1-3H3. The molecule has 2 N–H and O–H groups in total. The van der Waals surface area contributed by atoms with Crippen molar-refractivity contribution in [3.8, 4) is 0 Å². The lowest BCUT2D eigenvalue weighted by Crippen LogP contribution is -2.16. The van der Waals surface area contributed by atoms with Crippen LogP contribution in [0.3, 0.4) is 0 Å². The van der Waals surface area contributed by atoms with Crippen LogP contribution in [0.25, 0.3) is 0 Å². The highest BCUT2D eigenvalue weighted by Crippen LogP contribution is 2.05. The van der Waals surface area contributed by atoms with Crippen LogP contribution < -0.4 is 10.6 Å². The summed E-state index contributed by atoms with van der Waals surface area (Å²) in [5, 5.41) is 6.35. The molecule has 0 radical (unpaired) electrons. The average Bonchev–Trinajstić information content (AvgIpc) is 1.99. The minimum absolute atomic E-state index is 0.830. The van der Waals surface area contributed by atoms with E-state index in [1.54, 1.807) is 0 Å². The Labute approximate surface area is 70.8 Å². The van der Waals surface area contributed by atoms with Crippen LogP contribution in [0.15, 0.2) is 0 Å². The van der Waals surface area contributed by atoms with Crippen LogP contribution in [0, 0.1) is 5.92 Å². The third-order valence-corrected chi connectivity index (χ3v) is 1.93. The van der Waals surface area contributed by atoms with Crippen LogP contribution in [0.2, 0.25) is 0 Å². The second-order valence-electron chi connectivity index (χ2n) is 3.26. The Balaban J connectivity index is 2.97. The molecule has 11 heavy (non-hydrogen) atoms. The summed E-state index contributed by atoms with van der Waals surface area (Å²) < 4.78 is 0. The van der Waals surface area contributed by atoms with Gasteiger partial charge in [-0.2, -0.15) is 0 Å². The van der Waals surface area contributed by atoms with Crippen molar-refractivity contribution >= 4 is 0 Å². The van der Waals surface area contributed by atoms with E-state index in [0.717, 1.165) is 19.0 Å². The molecule has 1 unspecified atom stereocenters. The van der Waals surface area contributed by atoms with E-state index in [0.29, 0.717) is 0 Å². The number of hydrogen-bond donors (Lipinski definition) is 2. The molecule has 68 valence electrons. The summed E-state index contributed by atoms with van der Waals surface area (Å²) in [6.07, 6.45) is 4.01. The Morgan fingerprint density at radius 2 is 1.82 bits per heavy atom. The van der Waals surface area contributed by atoms with Gasteiger partial charge in [0, 0.05) is 0 Å². The monoisotopic (exact) mass is 158 g/mol. The minimum Gasteiger partial charge on any atom is -0.320 e. The van der Waals surface area contributed by atoms with Gasteiger partial charge in [-0.1, -0.05) is 13.3 Å². The summed E-state index contributed by atoms with van der Waals surface area (Å²) in [7, 11) is 4.03. The average molecular weight is 158 g/mol. The van der Waals surface area contributed by atoms with Crippen LogP contribution in [-0.2, 0) is 0 Å². The first kappa shape index (κ1) is 10.9. The topological polar surface area (TPSA) is 24.1 Å². The van der Waals surface area contributed by atoms with Crippen LogP contribution in [0.5, 0.6) is 0 Å². The maximum atomic E-state index is 3.19. The number of rotatable bonds is 7. The highest BCUT2D eigenvalue weighted by atomic mass is 14.8. The van der Waals surface area contributed by atoms with E-state index in [-0.39, 0.29) is 0 Å². The molecule has 2 heteroatoms. The maximum absolute atomic E-state index is 3.19. The fraction of sp³-hybridized carbons (Fsp3) is 1.00. The normalized spacial score (nSPS) is 13.4. The number of hydrogen-bond acceptors (Lipinski definition) is 2. The van der Waals surface area contributed by atoms with Crippen molar-refractivity contribution in [3.05, 3.63) is 0 Å². The lowest BCUT2D eigenvalue weighted by Gasteiger charge is -2.09. The van der Waals surface area contributed by atoms with Gasteiger partial charge < -0.3 is 10.6 Å². The summed E-state index contributed by atoms with van der Waals surface area (Å²) in [5.74, 6) is 0.830. The fourth-order valence-corrected chi connectivity index (χ4v) is 1.25. The predicted molar refractivity (Wildman–Crippen MR) is 50.9 cm³/mol. The molecule has 0 aliphatic carbocycles. The molecule has 0 fully saturated rings. The fourth-order valence-electron chi connectivity index (χ4n) is 1.25. The van der Waals surface area contributed by atoms with E-state index in [4.69, 9.17) is 0 Å². The Morgan fingerprint density at radius 1 is 1.09 bits per heavy atom. The largest absolute Gasteiger partial charge is 0.320 e. The van der Waals surface area contributed by atoms with Gasteiger partial charge in [0.05, 0.1) is 0 Å². The zero-order chi connectivity index (χ0) is 8.53. The third kappa shape index (κ3) is 7.82. The van der Waals surface area contributed by atoms with Gasteiger partial charge in [0.1, 0.15) is 0 Å². The van der Waals surface area contributed by atoms with Gasteiger partial charge in [0.2, 0.25) is 0 Å². The maximum Gasteiger partial charge on any atom is -0.00262 e. The molecule has 0 aromatic carbocycles. The first-order valence-corrected chi connectivity index (χ1v) is 4.60. The molecule has 0 saturated heterocycles. The highest BCUT2D eigenvalue weighted by Gasteiger charge is 1.98. The van der Waals surface area contributed by atoms with Gasteiger partial charge >= 0.3 is 0 Å². The molecule has 0 amide bonds. The molecule has 0 spiro atoms. The zero-order valence-corrected chi connectivity index (χ0v) is 8.11. The summed E-state index contributed by atoms with van der Waals surface area (Å²) >= 11 is 0. The minimum atomic E-state index is 0.830. The molecule has 0 aliphatic rings. The Bertz CT molecular complexity index is 74.0. The molecule has 2 nitrogen and oxygen atoms in total. The number of unbranched alkanes of at least 4 members (excludes halogenated alkanes) is 1. The van der Waals surface area contributed by atoms with Gasteiger partial charge in [-0.25, -0.2) is 0 Å². The molecule has 0 aliphatic heterocycles. The predicted octanol–water partition coefficient (Wildman–Crippen LogP) is 1.23. The third-order valence-electron chi connectivity index (χ3n) is 1.93. The van der Waals surface area contributed by atoms with Crippen molar-refractivity contribution in [1.29, 1.82) is 0 Å². The first-order chi connectivity index (χ1) is 5.31. The van der Waals surface area contributed by atoms with E-state index in [9.17, 15) is 0 Å². The van der Waals surface area contributed by atoms with E-state index in [1.807, 2.05) is 14.1 Å². The molecule has 0 bridgehead atoms. The van der Waals surface area contributed by atoms with Gasteiger partial charge in [-0.05, 0) is 45.9 Å². The van der Waals surface area contributed by atoms with Gasteiger partial charge in [-0.3, -0.25) is 0 Å². The summed E-state index contributed by atoms with van der Waals surface area (Å²) in [5.41, 5.74) is 0. The van der Waals surface area contributed by atoms with E-state index >= 15 is 0 Å². The lowest BCUT2D eigenvalue weighted by molar-refractivity contribution is 0.474. The smallest absolute Gasteiger partial charge is 0.00262 e. The lowest BCUT2D eigenvalue weighted by atomic mass is 10.0. The summed E-state index contributed by atoms with van der Waals surface area (Å²) in [6, 6.07) is 0. The van der Waals surface area contributed by atoms with E-state index < -0.39 is 0 Å². The van der Waals surface area contributed by atoms with Gasteiger partial charge in [-0.15, -0.1) is 0 Å². The Hall–Kier alpha value is -0.0800. The SMILES string of the molecule is CNCCCCC(C)CNC. The quantitative estimate of drug-likeness (QED) is 0.545. The molecule has 0 aromatic rings. The molecular formula is C9H22N2. The molecular weight excluding hydrogens is 136 g/mol. The molecule has 0 heterocycles. The zero-order valence-electron chi connectivity index (χ0n) is 8.11. The van der Waals surface area contributed by atoms with Crippen molar-refractivity contribution in [2.45, 2.75) is 26.2 Å². The Morgan fingerprint density at radius 3 is 2.36 bits per heavy atom. The van der Waals surface area contributed by atoms with Crippen LogP contribution in [0.1, 0.15) is 26.2 Å². The first-order valence-electron chi connectivity index (χ1n) is 4.60. The second-order valence-corrected chi connectivity index (χ2v) is 3.26. The van der Waals surface area contributed by atoms with Crippen molar-refractivity contribution in [2.75, 3.05) is 27.2 Å². The summed E-state index contributed by atoms with van der Waals surface area (Å²) in [4.78, 5) is 0. The van der Waals surface area contributed by atoms with Crippen LogP contribution in [-0.4, -0.2) is 27.2 Å². The van der Waals surface area contributed by atoms with E-state index in [2.05, 4.69) is 17.6 Å². The van der Waals surface area contributed by atoms with Crippen molar-refractivity contribution in [1.82, 2.24) is 10.6 Å². The van der Waals surface area contributed by atoms with E-state index in [1.165, 1.54) is 19.3 Å². The van der Waals surface area contributed by atoms with Crippen LogP contribution >= 0.6 is 0 Å². The molecule has 0 rings (SSSR count). The number of nitrogens with one attached hydrogen (secondary N) is 2. The molecule has 0 saturated carbocycles.